The van der Waals surface area contributed by atoms with Crippen LogP contribution in [0.15, 0.2) is 12.1 Å². The Bertz CT molecular complexity index is 476. The van der Waals surface area contributed by atoms with Gasteiger partial charge in [-0.15, -0.1) is 0 Å². The van der Waals surface area contributed by atoms with Gasteiger partial charge in [0.15, 0.2) is 0 Å². The molecule has 0 saturated carbocycles. The number of hydrogen-bond acceptors (Lipinski definition) is 2. The number of aryl methyl sites for hydroxylation is 1. The highest BCUT2D eigenvalue weighted by molar-refractivity contribution is 5.95. The normalized spacial score (nSPS) is 20.0. The minimum Gasteiger partial charge on any atom is -0.336 e. The third-order valence-electron chi connectivity index (χ3n) is 3.15. The van der Waals surface area contributed by atoms with E-state index in [-0.39, 0.29) is 11.6 Å². The summed E-state index contributed by atoms with van der Waals surface area (Å²) in [6.07, 6.45) is 0. The van der Waals surface area contributed by atoms with E-state index in [9.17, 15) is 13.6 Å². The average molecular weight is 254 g/mol. The highest BCUT2D eigenvalue weighted by Gasteiger charge is 2.27. The van der Waals surface area contributed by atoms with Crippen molar-refractivity contribution in [2.45, 2.75) is 19.9 Å². The van der Waals surface area contributed by atoms with E-state index in [1.807, 2.05) is 6.92 Å². The molecule has 5 heteroatoms. The molecule has 0 aromatic heterocycles. The van der Waals surface area contributed by atoms with Crippen LogP contribution in [0.5, 0.6) is 0 Å². The molecule has 1 aromatic rings. The van der Waals surface area contributed by atoms with E-state index in [1.54, 1.807) is 0 Å². The highest BCUT2D eigenvalue weighted by atomic mass is 19.1. The average Bonchev–Trinajstić information content (AvgIpc) is 2.34. The van der Waals surface area contributed by atoms with Gasteiger partial charge in [-0.25, -0.2) is 8.78 Å². The smallest absolute Gasteiger partial charge is 0.259 e. The summed E-state index contributed by atoms with van der Waals surface area (Å²) in [5.74, 6) is -2.12. The molecule has 1 amide bonds. The van der Waals surface area contributed by atoms with Crippen molar-refractivity contribution in [2.24, 2.45) is 0 Å². The Morgan fingerprint density at radius 3 is 2.83 bits per heavy atom. The number of amides is 1. The van der Waals surface area contributed by atoms with Crippen molar-refractivity contribution < 1.29 is 13.6 Å². The fraction of sp³-hybridized carbons (Fsp3) is 0.462. The zero-order valence-corrected chi connectivity index (χ0v) is 10.5. The monoisotopic (exact) mass is 254 g/mol. The molecule has 98 valence electrons. The van der Waals surface area contributed by atoms with Crippen LogP contribution in [0, 0.1) is 18.6 Å². The Morgan fingerprint density at radius 1 is 1.44 bits per heavy atom. The number of carbonyl (C=O) groups is 1. The summed E-state index contributed by atoms with van der Waals surface area (Å²) >= 11 is 0. The van der Waals surface area contributed by atoms with Crippen molar-refractivity contribution in [1.29, 1.82) is 0 Å². The third kappa shape index (κ3) is 2.36. The number of rotatable bonds is 1. The maximum Gasteiger partial charge on any atom is 0.259 e. The van der Waals surface area contributed by atoms with Gasteiger partial charge in [-0.3, -0.25) is 4.79 Å². The minimum atomic E-state index is -0.797. The van der Waals surface area contributed by atoms with Crippen molar-refractivity contribution in [1.82, 2.24) is 10.2 Å². The fourth-order valence-corrected chi connectivity index (χ4v) is 2.13. The zero-order valence-electron chi connectivity index (χ0n) is 10.5. The minimum absolute atomic E-state index is 0.138. The molecule has 18 heavy (non-hydrogen) atoms. The summed E-state index contributed by atoms with van der Waals surface area (Å²) in [6.45, 7) is 5.03. The lowest BCUT2D eigenvalue weighted by atomic mass is 10.1. The van der Waals surface area contributed by atoms with E-state index in [1.165, 1.54) is 17.9 Å². The summed E-state index contributed by atoms with van der Waals surface area (Å²) in [6, 6.07) is 2.61. The number of carbonyl (C=O) groups excluding carboxylic acids is 1. The van der Waals surface area contributed by atoms with Crippen molar-refractivity contribution >= 4 is 5.91 Å². The van der Waals surface area contributed by atoms with E-state index in [2.05, 4.69) is 5.32 Å². The second-order valence-electron chi connectivity index (χ2n) is 4.66. The summed E-state index contributed by atoms with van der Waals surface area (Å²) in [4.78, 5) is 13.6. The van der Waals surface area contributed by atoms with Gasteiger partial charge in [0.25, 0.3) is 5.91 Å². The Hall–Kier alpha value is -1.49. The van der Waals surface area contributed by atoms with Crippen LogP contribution in [0.1, 0.15) is 22.8 Å². The molecule has 0 aliphatic carbocycles. The number of nitrogens with one attached hydrogen (secondary N) is 1. The summed E-state index contributed by atoms with van der Waals surface area (Å²) in [5, 5.41) is 3.18. The van der Waals surface area contributed by atoms with E-state index < -0.39 is 23.1 Å². The Balaban J connectivity index is 2.31. The van der Waals surface area contributed by atoms with Gasteiger partial charge in [0.05, 0.1) is 0 Å². The van der Waals surface area contributed by atoms with Crippen LogP contribution in [-0.4, -0.2) is 36.5 Å². The van der Waals surface area contributed by atoms with E-state index in [0.717, 1.165) is 6.07 Å². The predicted octanol–water partition coefficient (Wildman–Crippen LogP) is 1.71. The number of halogens is 2. The number of benzene rings is 1. The largest absolute Gasteiger partial charge is 0.336 e. The van der Waals surface area contributed by atoms with E-state index in [0.29, 0.717) is 19.6 Å². The maximum atomic E-state index is 13.9. The van der Waals surface area contributed by atoms with Gasteiger partial charge in [0, 0.05) is 25.7 Å². The Morgan fingerprint density at radius 2 is 2.17 bits per heavy atom. The molecule has 1 fully saturated rings. The molecule has 3 nitrogen and oxygen atoms in total. The van der Waals surface area contributed by atoms with Crippen molar-refractivity contribution in [2.75, 3.05) is 19.6 Å². The summed E-state index contributed by atoms with van der Waals surface area (Å²) < 4.78 is 27.5. The molecule has 1 unspecified atom stereocenters. The Labute approximate surface area is 105 Å². The van der Waals surface area contributed by atoms with Gasteiger partial charge in [0.1, 0.15) is 17.2 Å². The molecule has 1 N–H and O–H groups in total. The molecular weight excluding hydrogens is 238 g/mol. The van der Waals surface area contributed by atoms with Gasteiger partial charge in [-0.1, -0.05) is 6.07 Å². The highest BCUT2D eigenvalue weighted by Crippen LogP contribution is 2.19. The molecule has 1 aromatic carbocycles. The van der Waals surface area contributed by atoms with E-state index in [4.69, 9.17) is 0 Å². The van der Waals surface area contributed by atoms with Crippen molar-refractivity contribution in [3.05, 3.63) is 34.9 Å². The number of nitrogens with zero attached hydrogens (tertiary/aromatic N) is 1. The lowest BCUT2D eigenvalue weighted by molar-refractivity contribution is 0.0699. The molecule has 1 aliphatic rings. The molecule has 0 spiro atoms. The molecule has 1 saturated heterocycles. The molecule has 0 bridgehead atoms. The first-order chi connectivity index (χ1) is 8.50. The number of piperazine rings is 1. The van der Waals surface area contributed by atoms with Crippen molar-refractivity contribution in [3.8, 4) is 0 Å². The second kappa shape index (κ2) is 5.02. The van der Waals surface area contributed by atoms with Crippen LogP contribution in [0.3, 0.4) is 0 Å². The first-order valence-electron chi connectivity index (χ1n) is 5.98. The van der Waals surface area contributed by atoms with Gasteiger partial charge < -0.3 is 10.2 Å². The van der Waals surface area contributed by atoms with Gasteiger partial charge >= 0.3 is 0 Å². The number of hydrogen-bond donors (Lipinski definition) is 1. The molecular formula is C13H16F2N2O. The van der Waals surface area contributed by atoms with Crippen molar-refractivity contribution in [3.63, 3.8) is 0 Å². The summed E-state index contributed by atoms with van der Waals surface area (Å²) in [7, 11) is 0. The van der Waals surface area contributed by atoms with Gasteiger partial charge in [0.2, 0.25) is 0 Å². The van der Waals surface area contributed by atoms with Crippen LogP contribution in [-0.2, 0) is 0 Å². The lowest BCUT2D eigenvalue weighted by Crippen LogP contribution is -2.51. The van der Waals surface area contributed by atoms with Crippen LogP contribution < -0.4 is 5.32 Å². The standard InChI is InChI=1S/C13H16F2N2O/c1-8-3-4-10(14)11(12(8)15)13(18)17-6-5-16-9(2)7-17/h3-4,9,16H,5-7H2,1-2H3. The van der Waals surface area contributed by atoms with Crippen LogP contribution in [0.2, 0.25) is 0 Å². The first kappa shape index (κ1) is 13.0. The Kier molecular flexibility index (Phi) is 3.61. The quantitative estimate of drug-likeness (QED) is 0.827. The molecule has 1 atom stereocenters. The maximum absolute atomic E-state index is 13.9. The SMILES string of the molecule is Cc1ccc(F)c(C(=O)N2CCNC(C)C2)c1F. The van der Waals surface area contributed by atoms with Crippen LogP contribution in [0.25, 0.3) is 0 Å². The zero-order chi connectivity index (χ0) is 13.3. The van der Waals surface area contributed by atoms with Crippen LogP contribution in [0.4, 0.5) is 8.78 Å². The van der Waals surface area contributed by atoms with E-state index >= 15 is 0 Å². The second-order valence-corrected chi connectivity index (χ2v) is 4.66. The predicted molar refractivity (Wildman–Crippen MR) is 64.5 cm³/mol. The third-order valence-corrected chi connectivity index (χ3v) is 3.15. The first-order valence-corrected chi connectivity index (χ1v) is 5.98. The summed E-state index contributed by atoms with van der Waals surface area (Å²) in [5.41, 5.74) is -0.160. The van der Waals surface area contributed by atoms with Crippen LogP contribution >= 0.6 is 0 Å². The molecule has 0 radical (unpaired) electrons. The lowest BCUT2D eigenvalue weighted by Gasteiger charge is -2.32. The van der Waals surface area contributed by atoms with Gasteiger partial charge in [-0.2, -0.15) is 0 Å². The molecule has 1 heterocycles. The topological polar surface area (TPSA) is 32.3 Å². The molecule has 1 aliphatic heterocycles. The van der Waals surface area contributed by atoms with Gasteiger partial charge in [-0.05, 0) is 25.5 Å². The fourth-order valence-electron chi connectivity index (χ4n) is 2.13. The molecule has 2 rings (SSSR count).